The van der Waals surface area contributed by atoms with Gasteiger partial charge in [-0.25, -0.2) is 4.98 Å². The van der Waals surface area contributed by atoms with Crippen molar-refractivity contribution in [2.24, 2.45) is 0 Å². The molecule has 1 saturated heterocycles. The number of anilines is 1. The van der Waals surface area contributed by atoms with Gasteiger partial charge in [-0.3, -0.25) is 9.89 Å². The summed E-state index contributed by atoms with van der Waals surface area (Å²) >= 11 is 0. The summed E-state index contributed by atoms with van der Waals surface area (Å²) in [5.74, 6) is 1.06. The maximum absolute atomic E-state index is 11.5. The molecule has 1 aliphatic heterocycles. The van der Waals surface area contributed by atoms with Crippen LogP contribution in [0.2, 0.25) is 0 Å². The molecule has 2 aromatic rings. The molecule has 0 aliphatic carbocycles. The van der Waals surface area contributed by atoms with Crippen LogP contribution in [-0.4, -0.2) is 45.9 Å². The predicted octanol–water partition coefficient (Wildman–Crippen LogP) is -0.746. The van der Waals surface area contributed by atoms with E-state index in [1.807, 2.05) is 4.90 Å². The molecule has 0 spiro atoms. The number of ether oxygens (including phenoxy) is 1. The number of H-pyrrole nitrogens is 1. The van der Waals surface area contributed by atoms with Gasteiger partial charge in [-0.15, -0.1) is 0 Å². The van der Waals surface area contributed by atoms with Crippen molar-refractivity contribution in [1.82, 2.24) is 19.6 Å². The van der Waals surface area contributed by atoms with Crippen molar-refractivity contribution in [3.8, 4) is 0 Å². The van der Waals surface area contributed by atoms with Crippen LogP contribution in [-0.2, 0) is 4.74 Å². The third kappa shape index (κ3) is 1.45. The number of hydrogen-bond donors (Lipinski definition) is 1. The molecule has 3 heterocycles. The second kappa shape index (κ2) is 3.60. The summed E-state index contributed by atoms with van der Waals surface area (Å²) in [6.45, 7) is 2.90. The number of nitrogens with one attached hydrogen (secondary N) is 1. The van der Waals surface area contributed by atoms with Gasteiger partial charge in [-0.05, 0) is 0 Å². The van der Waals surface area contributed by atoms with Crippen molar-refractivity contribution < 1.29 is 4.74 Å². The van der Waals surface area contributed by atoms with E-state index in [2.05, 4.69) is 15.1 Å². The van der Waals surface area contributed by atoms with E-state index in [9.17, 15) is 4.79 Å². The van der Waals surface area contributed by atoms with Crippen molar-refractivity contribution in [2.45, 2.75) is 0 Å². The second-order valence-corrected chi connectivity index (χ2v) is 3.57. The number of fused-ring (bicyclic) bond motifs is 1. The normalized spacial score (nSPS) is 16.9. The highest BCUT2D eigenvalue weighted by Crippen LogP contribution is 2.09. The number of aromatic amines is 1. The van der Waals surface area contributed by atoms with Gasteiger partial charge in [0.25, 0.3) is 11.3 Å². The van der Waals surface area contributed by atoms with Gasteiger partial charge in [0.05, 0.1) is 13.2 Å². The summed E-state index contributed by atoms with van der Waals surface area (Å²) in [5.41, 5.74) is -0.156. The monoisotopic (exact) mass is 221 g/mol. The van der Waals surface area contributed by atoms with Crippen molar-refractivity contribution in [1.29, 1.82) is 0 Å². The lowest BCUT2D eigenvalue weighted by Crippen LogP contribution is -2.37. The van der Waals surface area contributed by atoms with Crippen LogP contribution < -0.4 is 10.5 Å². The Hall–Kier alpha value is -1.89. The summed E-state index contributed by atoms with van der Waals surface area (Å²) in [4.78, 5) is 21.8. The van der Waals surface area contributed by atoms with Crippen molar-refractivity contribution in [3.63, 3.8) is 0 Å². The highest BCUT2D eigenvalue weighted by atomic mass is 16.5. The fourth-order valence-corrected chi connectivity index (χ4v) is 1.72. The van der Waals surface area contributed by atoms with Gasteiger partial charge >= 0.3 is 0 Å². The van der Waals surface area contributed by atoms with E-state index in [0.717, 1.165) is 13.1 Å². The topological polar surface area (TPSA) is 75.5 Å². The first-order chi connectivity index (χ1) is 7.84. The van der Waals surface area contributed by atoms with Gasteiger partial charge in [0.15, 0.2) is 0 Å². The highest BCUT2D eigenvalue weighted by molar-refractivity contribution is 5.38. The van der Waals surface area contributed by atoms with Gasteiger partial charge in [0.1, 0.15) is 0 Å². The Morgan fingerprint density at radius 3 is 2.94 bits per heavy atom. The minimum Gasteiger partial charge on any atom is -0.378 e. The molecule has 0 amide bonds. The molecule has 1 N–H and O–H groups in total. The molecule has 0 bridgehead atoms. The summed E-state index contributed by atoms with van der Waals surface area (Å²) in [6, 6.07) is 1.40. The second-order valence-electron chi connectivity index (χ2n) is 3.57. The SMILES string of the molecule is O=c1ccnc2nc(N3CCOCC3)[nH]n12. The van der Waals surface area contributed by atoms with E-state index in [0.29, 0.717) is 24.9 Å². The van der Waals surface area contributed by atoms with E-state index >= 15 is 0 Å². The van der Waals surface area contributed by atoms with Crippen LogP contribution >= 0.6 is 0 Å². The van der Waals surface area contributed by atoms with E-state index in [4.69, 9.17) is 4.74 Å². The Bertz CT molecular complexity index is 554. The largest absolute Gasteiger partial charge is 0.378 e. The highest BCUT2D eigenvalue weighted by Gasteiger charge is 2.15. The lowest BCUT2D eigenvalue weighted by molar-refractivity contribution is 0.122. The Labute approximate surface area is 90.7 Å². The predicted molar refractivity (Wildman–Crippen MR) is 56.6 cm³/mol. The number of nitrogens with zero attached hydrogens (tertiary/aromatic N) is 4. The fourth-order valence-electron chi connectivity index (χ4n) is 1.72. The summed E-state index contributed by atoms with van der Waals surface area (Å²) in [7, 11) is 0. The molecule has 16 heavy (non-hydrogen) atoms. The first-order valence-corrected chi connectivity index (χ1v) is 5.11. The molecule has 3 rings (SSSR count). The Kier molecular flexibility index (Phi) is 2.10. The van der Waals surface area contributed by atoms with Crippen LogP contribution in [0.1, 0.15) is 0 Å². The molecule has 0 unspecified atom stereocenters. The number of aromatic nitrogens is 4. The van der Waals surface area contributed by atoms with E-state index in [1.165, 1.54) is 16.8 Å². The number of hydrogen-bond acceptors (Lipinski definition) is 5. The minimum atomic E-state index is -0.156. The van der Waals surface area contributed by atoms with Crippen LogP contribution in [0.25, 0.3) is 5.78 Å². The molecule has 7 nitrogen and oxygen atoms in total. The summed E-state index contributed by atoms with van der Waals surface area (Å²) < 4.78 is 6.59. The van der Waals surface area contributed by atoms with Crippen molar-refractivity contribution in [2.75, 3.05) is 31.2 Å². The number of rotatable bonds is 1. The maximum Gasteiger partial charge on any atom is 0.273 e. The zero-order valence-electron chi connectivity index (χ0n) is 8.59. The fraction of sp³-hybridized carbons (Fsp3) is 0.444. The van der Waals surface area contributed by atoms with Crippen LogP contribution in [0.5, 0.6) is 0 Å². The molecular weight excluding hydrogens is 210 g/mol. The third-order valence-corrected chi connectivity index (χ3v) is 2.56. The minimum absolute atomic E-state index is 0.156. The molecule has 0 atom stereocenters. The van der Waals surface area contributed by atoms with E-state index in [-0.39, 0.29) is 5.56 Å². The quantitative estimate of drug-likeness (QED) is 0.686. The molecular formula is C9H11N5O2. The van der Waals surface area contributed by atoms with Gasteiger partial charge in [0, 0.05) is 25.4 Å². The standard InChI is InChI=1S/C9H11N5O2/c15-7-1-2-10-8-11-9(12-14(7)8)13-3-5-16-6-4-13/h1-2H,3-6H2,(H,10,11,12). The number of morpholine rings is 1. The van der Waals surface area contributed by atoms with Crippen molar-refractivity contribution >= 4 is 11.7 Å². The van der Waals surface area contributed by atoms with Crippen LogP contribution in [0.4, 0.5) is 5.95 Å². The zero-order chi connectivity index (χ0) is 11.0. The van der Waals surface area contributed by atoms with E-state index < -0.39 is 0 Å². The molecule has 1 aliphatic rings. The summed E-state index contributed by atoms with van der Waals surface area (Å²) in [6.07, 6.45) is 1.46. The van der Waals surface area contributed by atoms with Gasteiger partial charge < -0.3 is 9.64 Å². The maximum atomic E-state index is 11.5. The van der Waals surface area contributed by atoms with Gasteiger partial charge in [-0.1, -0.05) is 0 Å². The average molecular weight is 221 g/mol. The molecule has 1 fully saturated rings. The van der Waals surface area contributed by atoms with E-state index in [1.54, 1.807) is 0 Å². The molecule has 84 valence electrons. The smallest absolute Gasteiger partial charge is 0.273 e. The Morgan fingerprint density at radius 2 is 2.19 bits per heavy atom. The molecule has 0 saturated carbocycles. The molecule has 2 aromatic heterocycles. The van der Waals surface area contributed by atoms with Crippen LogP contribution in [0, 0.1) is 0 Å². The lowest BCUT2D eigenvalue weighted by Gasteiger charge is -2.25. The van der Waals surface area contributed by atoms with Gasteiger partial charge in [-0.2, -0.15) is 9.50 Å². The van der Waals surface area contributed by atoms with Crippen LogP contribution in [0.3, 0.4) is 0 Å². The lowest BCUT2D eigenvalue weighted by atomic mass is 10.4. The molecule has 0 aromatic carbocycles. The molecule has 7 heteroatoms. The van der Waals surface area contributed by atoms with Crippen molar-refractivity contribution in [3.05, 3.63) is 22.6 Å². The first kappa shape index (κ1) is 9.34. The zero-order valence-corrected chi connectivity index (χ0v) is 8.59. The molecule has 0 radical (unpaired) electrons. The summed E-state index contributed by atoms with van der Waals surface area (Å²) in [5, 5.41) is 2.93. The first-order valence-electron chi connectivity index (χ1n) is 5.11. The van der Waals surface area contributed by atoms with Gasteiger partial charge in [0.2, 0.25) is 5.95 Å². The third-order valence-electron chi connectivity index (χ3n) is 2.56. The Morgan fingerprint density at radius 1 is 1.38 bits per heavy atom. The van der Waals surface area contributed by atoms with Crippen LogP contribution in [0.15, 0.2) is 17.1 Å². The Balaban J connectivity index is 2.04. The average Bonchev–Trinajstić information content (AvgIpc) is 2.76.